The van der Waals surface area contributed by atoms with E-state index < -0.39 is 36.7 Å². The maximum absolute atomic E-state index is 11.7. The van der Waals surface area contributed by atoms with Crippen LogP contribution in [0.5, 0.6) is 0 Å². The standard InChI is InChI=1S/C10H13N5O5/c11-10-13-7-4(8(19)14-10)12-2-15(7)9-6(18)5(17)3(1-16)20-9/h2-3,5-6,9,16-18H,1H2,(H3,11,13,14,19)/t3-,5-,6?,9?/m1/s1. The zero-order chi connectivity index (χ0) is 14.4. The lowest BCUT2D eigenvalue weighted by Crippen LogP contribution is -2.33. The number of rotatable bonds is 2. The topological polar surface area (TPSA) is 160 Å². The van der Waals surface area contributed by atoms with Crippen LogP contribution >= 0.6 is 0 Å². The van der Waals surface area contributed by atoms with Crippen LogP contribution in [-0.2, 0) is 4.74 Å². The van der Waals surface area contributed by atoms with Crippen molar-refractivity contribution in [1.29, 1.82) is 0 Å². The molecule has 0 bridgehead atoms. The normalized spacial score (nSPS) is 30.1. The van der Waals surface area contributed by atoms with E-state index in [1.54, 1.807) is 0 Å². The molecule has 10 heteroatoms. The second kappa shape index (κ2) is 4.52. The summed E-state index contributed by atoms with van der Waals surface area (Å²) in [6.45, 7) is -0.447. The Morgan fingerprint density at radius 1 is 1.45 bits per heavy atom. The van der Waals surface area contributed by atoms with Gasteiger partial charge in [-0.15, -0.1) is 0 Å². The molecule has 0 saturated carbocycles. The van der Waals surface area contributed by atoms with Crippen molar-refractivity contribution < 1.29 is 20.1 Å². The number of hydrogen-bond acceptors (Lipinski definition) is 8. The molecule has 1 saturated heterocycles. The number of aromatic amines is 1. The molecule has 20 heavy (non-hydrogen) atoms. The number of aliphatic hydroxyl groups is 3. The van der Waals surface area contributed by atoms with Gasteiger partial charge in [0, 0.05) is 0 Å². The second-order valence-corrected chi connectivity index (χ2v) is 4.50. The number of aliphatic hydroxyl groups excluding tert-OH is 3. The van der Waals surface area contributed by atoms with E-state index in [9.17, 15) is 15.0 Å². The number of H-pyrrole nitrogens is 1. The monoisotopic (exact) mass is 283 g/mol. The fourth-order valence-corrected chi connectivity index (χ4v) is 2.24. The SMILES string of the molecule is Nc1nc2c(ncn2C2O[C@H](CO)[C@@H](O)C2O)c(=O)[nH]1. The molecule has 108 valence electrons. The third-order valence-electron chi connectivity index (χ3n) is 3.24. The van der Waals surface area contributed by atoms with Crippen molar-refractivity contribution >= 4 is 17.1 Å². The van der Waals surface area contributed by atoms with Crippen molar-refractivity contribution in [2.24, 2.45) is 0 Å². The Morgan fingerprint density at radius 2 is 2.20 bits per heavy atom. The molecule has 3 rings (SSSR count). The van der Waals surface area contributed by atoms with Gasteiger partial charge in [0.2, 0.25) is 5.95 Å². The van der Waals surface area contributed by atoms with E-state index in [2.05, 4.69) is 15.0 Å². The number of nitrogens with two attached hydrogens (primary N) is 1. The summed E-state index contributed by atoms with van der Waals surface area (Å²) in [7, 11) is 0. The van der Waals surface area contributed by atoms with Gasteiger partial charge in [-0.2, -0.15) is 4.98 Å². The second-order valence-electron chi connectivity index (χ2n) is 4.50. The summed E-state index contributed by atoms with van der Waals surface area (Å²) in [5.74, 6) is -0.101. The maximum atomic E-state index is 11.7. The van der Waals surface area contributed by atoms with Gasteiger partial charge in [-0.25, -0.2) is 4.98 Å². The molecule has 10 nitrogen and oxygen atoms in total. The zero-order valence-electron chi connectivity index (χ0n) is 10.2. The molecule has 2 unspecified atom stereocenters. The molecule has 2 aromatic rings. The van der Waals surface area contributed by atoms with E-state index >= 15 is 0 Å². The van der Waals surface area contributed by atoms with Crippen LogP contribution in [-0.4, -0.2) is 59.8 Å². The summed E-state index contributed by atoms with van der Waals surface area (Å²) in [5.41, 5.74) is 5.12. The Labute approximate surface area is 111 Å². The number of nitrogen functional groups attached to an aromatic ring is 1. The first-order valence-corrected chi connectivity index (χ1v) is 5.87. The van der Waals surface area contributed by atoms with E-state index in [4.69, 9.17) is 15.6 Å². The zero-order valence-corrected chi connectivity index (χ0v) is 10.2. The van der Waals surface area contributed by atoms with Crippen molar-refractivity contribution in [2.75, 3.05) is 12.3 Å². The van der Waals surface area contributed by atoms with Gasteiger partial charge in [-0.1, -0.05) is 0 Å². The largest absolute Gasteiger partial charge is 0.394 e. The molecule has 0 radical (unpaired) electrons. The van der Waals surface area contributed by atoms with Crippen molar-refractivity contribution in [1.82, 2.24) is 19.5 Å². The molecule has 1 aliphatic rings. The van der Waals surface area contributed by atoms with Gasteiger partial charge in [0.25, 0.3) is 5.56 Å². The lowest BCUT2D eigenvalue weighted by molar-refractivity contribution is -0.0511. The first kappa shape index (κ1) is 13.0. The molecule has 0 spiro atoms. The van der Waals surface area contributed by atoms with Crippen molar-refractivity contribution in [3.8, 4) is 0 Å². The number of anilines is 1. The number of nitrogens with zero attached hydrogens (tertiary/aromatic N) is 3. The third-order valence-corrected chi connectivity index (χ3v) is 3.24. The minimum absolute atomic E-state index is 0.0388. The van der Waals surface area contributed by atoms with E-state index in [0.29, 0.717) is 0 Å². The smallest absolute Gasteiger partial charge is 0.280 e. The highest BCUT2D eigenvalue weighted by molar-refractivity contribution is 5.70. The quantitative estimate of drug-likeness (QED) is 0.398. The summed E-state index contributed by atoms with van der Waals surface area (Å²) in [6.07, 6.45) is -3.21. The lowest BCUT2D eigenvalue weighted by atomic mass is 10.1. The predicted molar refractivity (Wildman–Crippen MR) is 65.6 cm³/mol. The van der Waals surface area contributed by atoms with E-state index in [-0.39, 0.29) is 17.1 Å². The van der Waals surface area contributed by atoms with Gasteiger partial charge in [0.15, 0.2) is 17.4 Å². The number of imidazole rings is 1. The van der Waals surface area contributed by atoms with Gasteiger partial charge >= 0.3 is 0 Å². The molecule has 1 aliphatic heterocycles. The molecule has 0 aromatic carbocycles. The minimum atomic E-state index is -1.29. The van der Waals surface area contributed by atoms with Crippen LogP contribution in [0.15, 0.2) is 11.1 Å². The highest BCUT2D eigenvalue weighted by Crippen LogP contribution is 2.30. The van der Waals surface area contributed by atoms with Crippen LogP contribution in [0.1, 0.15) is 6.23 Å². The highest BCUT2D eigenvalue weighted by Gasteiger charge is 2.44. The first-order chi connectivity index (χ1) is 9.52. The van der Waals surface area contributed by atoms with Gasteiger partial charge in [0.1, 0.15) is 18.3 Å². The van der Waals surface area contributed by atoms with E-state index in [1.165, 1.54) is 10.9 Å². The predicted octanol–water partition coefficient (Wildman–Crippen LogP) is -2.69. The average Bonchev–Trinajstić information content (AvgIpc) is 2.93. The van der Waals surface area contributed by atoms with Crippen LogP contribution in [0.25, 0.3) is 11.2 Å². The lowest BCUT2D eigenvalue weighted by Gasteiger charge is -2.16. The number of nitrogens with one attached hydrogen (secondary N) is 1. The Morgan fingerprint density at radius 3 is 2.85 bits per heavy atom. The van der Waals surface area contributed by atoms with Crippen LogP contribution in [0, 0.1) is 0 Å². The fraction of sp³-hybridized carbons (Fsp3) is 0.500. The molecule has 0 aliphatic carbocycles. The van der Waals surface area contributed by atoms with Gasteiger partial charge < -0.3 is 25.8 Å². The third kappa shape index (κ3) is 1.78. The van der Waals surface area contributed by atoms with E-state index in [1.807, 2.05) is 0 Å². The van der Waals surface area contributed by atoms with Crippen molar-refractivity contribution in [3.05, 3.63) is 16.7 Å². The summed E-state index contributed by atoms with van der Waals surface area (Å²) in [5, 5.41) is 28.7. The molecule has 6 N–H and O–H groups in total. The number of hydrogen-bond donors (Lipinski definition) is 5. The van der Waals surface area contributed by atoms with Crippen molar-refractivity contribution in [2.45, 2.75) is 24.5 Å². The number of fused-ring (bicyclic) bond motifs is 1. The molecule has 4 atom stereocenters. The Hall–Kier alpha value is -2.01. The Bertz CT molecular complexity index is 697. The van der Waals surface area contributed by atoms with Gasteiger partial charge in [-0.05, 0) is 0 Å². The van der Waals surface area contributed by atoms with Crippen molar-refractivity contribution in [3.63, 3.8) is 0 Å². The molecule has 1 fully saturated rings. The van der Waals surface area contributed by atoms with Gasteiger partial charge in [-0.3, -0.25) is 14.3 Å². The first-order valence-electron chi connectivity index (χ1n) is 5.87. The Kier molecular flexibility index (Phi) is 2.94. The van der Waals surface area contributed by atoms with Crippen LogP contribution in [0.4, 0.5) is 5.95 Å². The highest BCUT2D eigenvalue weighted by atomic mass is 16.6. The molecule has 0 amide bonds. The number of ether oxygens (including phenoxy) is 1. The number of aromatic nitrogens is 4. The summed E-state index contributed by atoms with van der Waals surface area (Å²) in [4.78, 5) is 21.8. The van der Waals surface area contributed by atoms with Crippen LogP contribution in [0.3, 0.4) is 0 Å². The summed E-state index contributed by atoms with van der Waals surface area (Å²) in [6, 6.07) is 0. The Balaban J connectivity index is 2.09. The molecular weight excluding hydrogens is 270 g/mol. The minimum Gasteiger partial charge on any atom is -0.394 e. The molecule has 2 aromatic heterocycles. The molecular formula is C10H13N5O5. The van der Waals surface area contributed by atoms with Gasteiger partial charge in [0.05, 0.1) is 12.9 Å². The molecule has 3 heterocycles. The maximum Gasteiger partial charge on any atom is 0.280 e. The average molecular weight is 283 g/mol. The summed E-state index contributed by atoms with van der Waals surface area (Å²) < 4.78 is 6.64. The van der Waals surface area contributed by atoms with Crippen LogP contribution < -0.4 is 11.3 Å². The fourth-order valence-electron chi connectivity index (χ4n) is 2.24. The summed E-state index contributed by atoms with van der Waals surface area (Å²) >= 11 is 0. The van der Waals surface area contributed by atoms with E-state index in [0.717, 1.165) is 0 Å². The van der Waals surface area contributed by atoms with Crippen LogP contribution in [0.2, 0.25) is 0 Å².